The first kappa shape index (κ1) is 19.7. The molecule has 0 saturated carbocycles. The Morgan fingerprint density at radius 2 is 1.41 bits per heavy atom. The van der Waals surface area contributed by atoms with E-state index in [0.717, 1.165) is 18.1 Å². The topological polar surface area (TPSA) is 60.5 Å². The lowest BCUT2D eigenvalue weighted by Crippen LogP contribution is -2.18. The first-order valence-corrected chi connectivity index (χ1v) is 9.36. The smallest absolute Gasteiger partial charge is 0.119 e. The van der Waals surface area contributed by atoms with E-state index in [1.165, 1.54) is 11.1 Å². The molecule has 0 bridgehead atoms. The second-order valence-corrected chi connectivity index (χ2v) is 7.12. The fourth-order valence-corrected chi connectivity index (χ4v) is 2.86. The monoisotopic (exact) mass is 372 g/mol. The van der Waals surface area contributed by atoms with Gasteiger partial charge in [-0.05, 0) is 35.4 Å². The molecule has 1 unspecified atom stereocenters. The van der Waals surface area contributed by atoms with E-state index >= 15 is 0 Å². The predicted octanol–water partition coefficient (Wildman–Crippen LogP) is 3.18. The highest BCUT2D eigenvalue weighted by Gasteiger charge is 2.23. The number of ether oxygens (including phenoxy) is 4. The van der Waals surface area contributed by atoms with Crippen molar-refractivity contribution in [2.45, 2.75) is 25.4 Å². The summed E-state index contributed by atoms with van der Waals surface area (Å²) < 4.78 is 21.7. The summed E-state index contributed by atoms with van der Waals surface area (Å²) in [4.78, 5) is 0. The molecule has 0 aromatic heterocycles. The van der Waals surface area contributed by atoms with Crippen LogP contribution in [0.4, 0.5) is 0 Å². The van der Waals surface area contributed by atoms with Crippen LogP contribution in [-0.2, 0) is 14.9 Å². The number of hydrogen-bond acceptors (Lipinski definition) is 5. The Kier molecular flexibility index (Phi) is 6.72. The summed E-state index contributed by atoms with van der Waals surface area (Å²) in [5.41, 5.74) is 2.27. The highest BCUT2D eigenvalue weighted by molar-refractivity contribution is 5.41. The molecule has 2 aromatic carbocycles. The van der Waals surface area contributed by atoms with Crippen molar-refractivity contribution in [3.8, 4) is 11.5 Å². The molecule has 0 radical (unpaired) electrons. The van der Waals surface area contributed by atoms with Crippen LogP contribution >= 0.6 is 0 Å². The summed E-state index contributed by atoms with van der Waals surface area (Å²) in [6.07, 6.45) is 0.293. The summed E-state index contributed by atoms with van der Waals surface area (Å²) in [6.45, 7) is 7.28. The lowest BCUT2D eigenvalue weighted by Gasteiger charge is -2.26. The van der Waals surface area contributed by atoms with Gasteiger partial charge < -0.3 is 24.1 Å². The normalized spacial score (nSPS) is 16.2. The van der Waals surface area contributed by atoms with E-state index in [2.05, 4.69) is 38.1 Å². The average Bonchev–Trinajstić information content (AvgIpc) is 3.51. The van der Waals surface area contributed by atoms with E-state index in [0.29, 0.717) is 32.5 Å². The van der Waals surface area contributed by atoms with Crippen LogP contribution in [0.25, 0.3) is 0 Å². The number of hydrogen-bond donors (Lipinski definition) is 1. The molecule has 5 heteroatoms. The number of aliphatic hydroxyl groups is 1. The SMILES string of the molecule is CC(C)(c1ccc(OCCO)cc1)c1ccc(OCCOCC2CO2)cc1. The van der Waals surface area contributed by atoms with Crippen molar-refractivity contribution in [3.05, 3.63) is 59.7 Å². The molecule has 0 spiro atoms. The Labute approximate surface area is 160 Å². The van der Waals surface area contributed by atoms with E-state index in [4.69, 9.17) is 24.1 Å². The molecule has 1 saturated heterocycles. The predicted molar refractivity (Wildman–Crippen MR) is 104 cm³/mol. The molecule has 5 nitrogen and oxygen atoms in total. The first-order valence-electron chi connectivity index (χ1n) is 9.36. The zero-order chi connectivity index (χ0) is 19.1. The van der Waals surface area contributed by atoms with E-state index in [9.17, 15) is 0 Å². The van der Waals surface area contributed by atoms with Gasteiger partial charge in [-0.25, -0.2) is 0 Å². The molecule has 1 atom stereocenters. The van der Waals surface area contributed by atoms with Crippen LogP contribution in [0.15, 0.2) is 48.5 Å². The first-order chi connectivity index (χ1) is 13.1. The molecule has 1 heterocycles. The van der Waals surface area contributed by atoms with Crippen LogP contribution in [0.2, 0.25) is 0 Å². The van der Waals surface area contributed by atoms with Crippen molar-refractivity contribution < 1.29 is 24.1 Å². The van der Waals surface area contributed by atoms with Crippen LogP contribution in [0.1, 0.15) is 25.0 Å². The zero-order valence-corrected chi connectivity index (χ0v) is 16.0. The van der Waals surface area contributed by atoms with Crippen molar-refractivity contribution in [2.24, 2.45) is 0 Å². The summed E-state index contributed by atoms with van der Waals surface area (Å²) >= 11 is 0. The zero-order valence-electron chi connectivity index (χ0n) is 16.0. The van der Waals surface area contributed by atoms with E-state index in [1.54, 1.807) is 0 Å². The Bertz CT molecular complexity index is 690. The summed E-state index contributed by atoms with van der Waals surface area (Å²) in [5, 5.41) is 8.84. The molecule has 1 N–H and O–H groups in total. The Morgan fingerprint density at radius 3 is 1.89 bits per heavy atom. The fraction of sp³-hybridized carbons (Fsp3) is 0.455. The van der Waals surface area contributed by atoms with Crippen molar-refractivity contribution in [1.82, 2.24) is 0 Å². The number of benzene rings is 2. The molecule has 1 aliphatic heterocycles. The molecule has 146 valence electrons. The molecule has 0 aliphatic carbocycles. The van der Waals surface area contributed by atoms with Crippen molar-refractivity contribution >= 4 is 0 Å². The molecule has 3 rings (SSSR count). The van der Waals surface area contributed by atoms with Crippen LogP contribution in [0, 0.1) is 0 Å². The highest BCUT2D eigenvalue weighted by atomic mass is 16.6. The summed E-state index contributed by atoms with van der Waals surface area (Å²) in [6, 6.07) is 16.2. The van der Waals surface area contributed by atoms with E-state index in [-0.39, 0.29) is 12.0 Å². The minimum absolute atomic E-state index is 0.0166. The maximum atomic E-state index is 8.84. The molecule has 1 fully saturated rings. The van der Waals surface area contributed by atoms with Crippen molar-refractivity contribution in [1.29, 1.82) is 0 Å². The van der Waals surface area contributed by atoms with Crippen LogP contribution in [0.3, 0.4) is 0 Å². The van der Waals surface area contributed by atoms with Crippen molar-refractivity contribution in [3.63, 3.8) is 0 Å². The standard InChI is InChI=1S/C22H28O5/c1-22(2,17-3-7-19(8-4-17)25-12-11-23)18-5-9-20(10-6-18)26-14-13-24-15-21-16-27-21/h3-10,21,23H,11-16H2,1-2H3. The largest absolute Gasteiger partial charge is 0.491 e. The van der Waals surface area contributed by atoms with Crippen LogP contribution < -0.4 is 9.47 Å². The summed E-state index contributed by atoms with van der Waals surface area (Å²) in [7, 11) is 0. The Balaban J connectivity index is 1.53. The molecule has 0 amide bonds. The van der Waals surface area contributed by atoms with Crippen molar-refractivity contribution in [2.75, 3.05) is 39.6 Å². The third-order valence-corrected chi connectivity index (χ3v) is 4.71. The van der Waals surface area contributed by atoms with Gasteiger partial charge in [0.2, 0.25) is 0 Å². The lowest BCUT2D eigenvalue weighted by molar-refractivity contribution is 0.0878. The van der Waals surface area contributed by atoms with Crippen LogP contribution in [-0.4, -0.2) is 50.9 Å². The lowest BCUT2D eigenvalue weighted by atomic mass is 9.78. The minimum Gasteiger partial charge on any atom is -0.491 e. The number of rotatable bonds is 11. The second kappa shape index (κ2) is 9.22. The van der Waals surface area contributed by atoms with Gasteiger partial charge in [0.15, 0.2) is 0 Å². The third kappa shape index (κ3) is 5.70. The van der Waals surface area contributed by atoms with Gasteiger partial charge >= 0.3 is 0 Å². The van der Waals surface area contributed by atoms with Gasteiger partial charge in [-0.3, -0.25) is 0 Å². The molecule has 2 aromatic rings. The quantitative estimate of drug-likeness (QED) is 0.485. The minimum atomic E-state index is -0.137. The third-order valence-electron chi connectivity index (χ3n) is 4.71. The highest BCUT2D eigenvalue weighted by Crippen LogP contribution is 2.33. The van der Waals surface area contributed by atoms with E-state index < -0.39 is 0 Å². The molecule has 1 aliphatic rings. The van der Waals surface area contributed by atoms with Gasteiger partial charge in [-0.2, -0.15) is 0 Å². The second-order valence-electron chi connectivity index (χ2n) is 7.12. The van der Waals surface area contributed by atoms with Gasteiger partial charge in [0.05, 0.1) is 26.4 Å². The molecular weight excluding hydrogens is 344 g/mol. The Hall–Kier alpha value is -2.08. The molecular formula is C22H28O5. The maximum absolute atomic E-state index is 8.84. The number of epoxide rings is 1. The van der Waals surface area contributed by atoms with Crippen LogP contribution in [0.5, 0.6) is 11.5 Å². The van der Waals surface area contributed by atoms with Gasteiger partial charge in [-0.15, -0.1) is 0 Å². The van der Waals surface area contributed by atoms with Gasteiger partial charge in [0.25, 0.3) is 0 Å². The Morgan fingerprint density at radius 1 is 0.889 bits per heavy atom. The fourth-order valence-electron chi connectivity index (χ4n) is 2.86. The van der Waals surface area contributed by atoms with Gasteiger partial charge in [0, 0.05) is 5.41 Å². The maximum Gasteiger partial charge on any atom is 0.119 e. The summed E-state index contributed by atoms with van der Waals surface area (Å²) in [5.74, 6) is 1.61. The average molecular weight is 372 g/mol. The van der Waals surface area contributed by atoms with E-state index in [1.807, 2.05) is 24.3 Å². The van der Waals surface area contributed by atoms with Gasteiger partial charge in [-0.1, -0.05) is 38.1 Å². The number of aliphatic hydroxyl groups excluding tert-OH is 1. The van der Waals surface area contributed by atoms with Gasteiger partial charge in [0.1, 0.15) is 30.8 Å². The molecule has 27 heavy (non-hydrogen) atoms.